The number of benzene rings is 5. The van der Waals surface area contributed by atoms with Crippen molar-refractivity contribution < 1.29 is 0 Å². The van der Waals surface area contributed by atoms with Crippen LogP contribution in [0.1, 0.15) is 12.8 Å². The molecule has 39 heavy (non-hydrogen) atoms. The Bertz CT molecular complexity index is 2020. The van der Waals surface area contributed by atoms with Gasteiger partial charge in [-0.25, -0.2) is 0 Å². The normalized spacial score (nSPS) is 13.7. The summed E-state index contributed by atoms with van der Waals surface area (Å²) in [5, 5.41) is 5.29. The Morgan fingerprint density at radius 3 is 1.87 bits per heavy atom. The zero-order valence-electron chi connectivity index (χ0n) is 21.4. The van der Waals surface area contributed by atoms with Crippen LogP contribution in [0, 0.1) is 0 Å². The van der Waals surface area contributed by atoms with Crippen molar-refractivity contribution in [3.05, 3.63) is 139 Å². The maximum Gasteiger partial charge on any atom is 0.0537 e. The van der Waals surface area contributed by atoms with Crippen molar-refractivity contribution in [3.63, 3.8) is 0 Å². The molecule has 1 aliphatic rings. The van der Waals surface area contributed by atoms with Crippen molar-refractivity contribution >= 4 is 70.4 Å². The predicted octanol–water partition coefficient (Wildman–Crippen LogP) is 10.5. The van der Waals surface area contributed by atoms with Crippen molar-refractivity contribution in [1.82, 2.24) is 4.57 Å². The summed E-state index contributed by atoms with van der Waals surface area (Å²) in [5.41, 5.74) is 7.60. The standard InChI is InChI=1S/C36H26N2S/c1-2-10-25(11-3-1)37(28-22-23-32-31-14-6-9-17-35(31)39-36(32)24-28)26-18-20-27(21-19-26)38-33-15-7-4-12-29(33)30-13-5-8-16-34(30)38/h1-18,20,22-24H,19,21H2. The van der Waals surface area contributed by atoms with Gasteiger partial charge in [-0.05, 0) is 67.5 Å². The smallest absolute Gasteiger partial charge is 0.0537 e. The molecular weight excluding hydrogens is 492 g/mol. The molecule has 0 radical (unpaired) electrons. The average Bonchev–Trinajstić information content (AvgIpc) is 3.54. The number of rotatable bonds is 4. The minimum absolute atomic E-state index is 0.964. The van der Waals surface area contributed by atoms with Crippen molar-refractivity contribution in [3.8, 4) is 0 Å². The molecule has 0 spiro atoms. The monoisotopic (exact) mass is 518 g/mol. The Labute approximate surface area is 231 Å². The van der Waals surface area contributed by atoms with Crippen LogP contribution in [0.3, 0.4) is 0 Å². The van der Waals surface area contributed by atoms with Crippen LogP contribution in [0.2, 0.25) is 0 Å². The number of nitrogens with zero attached hydrogens (tertiary/aromatic N) is 2. The number of para-hydroxylation sites is 3. The number of anilines is 2. The summed E-state index contributed by atoms with van der Waals surface area (Å²) in [4.78, 5) is 2.43. The Kier molecular flexibility index (Phi) is 5.17. The lowest BCUT2D eigenvalue weighted by Crippen LogP contribution is -2.18. The van der Waals surface area contributed by atoms with Gasteiger partial charge in [0.05, 0.1) is 11.0 Å². The molecule has 2 aromatic heterocycles. The van der Waals surface area contributed by atoms with Gasteiger partial charge >= 0.3 is 0 Å². The van der Waals surface area contributed by atoms with E-state index in [4.69, 9.17) is 0 Å². The minimum atomic E-state index is 0.964. The number of aromatic nitrogens is 1. The molecule has 1 aliphatic carbocycles. The molecule has 2 nitrogen and oxygen atoms in total. The van der Waals surface area contributed by atoms with E-state index < -0.39 is 0 Å². The zero-order valence-corrected chi connectivity index (χ0v) is 22.2. The van der Waals surface area contributed by atoms with Crippen molar-refractivity contribution in [2.75, 3.05) is 4.90 Å². The first-order chi connectivity index (χ1) is 19.3. The van der Waals surface area contributed by atoms with Gasteiger partial charge in [0.2, 0.25) is 0 Å². The third-order valence-electron chi connectivity index (χ3n) is 7.89. The van der Waals surface area contributed by atoms with Crippen LogP contribution in [-0.4, -0.2) is 4.57 Å². The fraction of sp³-hybridized carbons (Fsp3) is 0.0556. The third-order valence-corrected chi connectivity index (χ3v) is 9.03. The van der Waals surface area contributed by atoms with E-state index in [1.807, 2.05) is 11.3 Å². The molecule has 0 unspecified atom stereocenters. The highest BCUT2D eigenvalue weighted by Gasteiger charge is 2.20. The van der Waals surface area contributed by atoms with E-state index in [0.717, 1.165) is 12.8 Å². The SMILES string of the molecule is C1=C(N(c2ccccc2)c2ccc3c(c2)sc2ccccc23)CCC(n2c3ccccc3c3ccccc32)=C1. The first-order valence-corrected chi connectivity index (χ1v) is 14.3. The van der Waals surface area contributed by atoms with Gasteiger partial charge in [0, 0.05) is 53.7 Å². The highest BCUT2D eigenvalue weighted by Crippen LogP contribution is 2.41. The second-order valence-corrected chi connectivity index (χ2v) is 11.2. The summed E-state index contributed by atoms with van der Waals surface area (Å²) in [6.45, 7) is 0. The second kappa shape index (κ2) is 9.00. The molecule has 0 amide bonds. The Hall–Kier alpha value is -4.60. The molecule has 0 saturated heterocycles. The van der Waals surface area contributed by atoms with Gasteiger partial charge in [-0.3, -0.25) is 0 Å². The van der Waals surface area contributed by atoms with Crippen LogP contribution in [0.5, 0.6) is 0 Å². The fourth-order valence-corrected chi connectivity index (χ4v) is 7.27. The summed E-state index contributed by atoms with van der Waals surface area (Å²) >= 11 is 1.87. The van der Waals surface area contributed by atoms with E-state index in [2.05, 4.69) is 143 Å². The van der Waals surface area contributed by atoms with Gasteiger partial charge in [-0.2, -0.15) is 0 Å². The maximum atomic E-state index is 2.45. The highest BCUT2D eigenvalue weighted by atomic mass is 32.1. The van der Waals surface area contributed by atoms with Crippen LogP contribution in [0.4, 0.5) is 11.4 Å². The van der Waals surface area contributed by atoms with E-state index in [-0.39, 0.29) is 0 Å². The maximum absolute atomic E-state index is 2.45. The summed E-state index contributed by atoms with van der Waals surface area (Å²) in [6.07, 6.45) is 6.59. The molecule has 0 fully saturated rings. The molecule has 186 valence electrons. The predicted molar refractivity (Wildman–Crippen MR) is 169 cm³/mol. The molecule has 0 saturated carbocycles. The molecule has 8 rings (SSSR count). The lowest BCUT2D eigenvalue weighted by atomic mass is 10.0. The second-order valence-electron chi connectivity index (χ2n) is 10.1. The first-order valence-electron chi connectivity index (χ1n) is 13.5. The fourth-order valence-electron chi connectivity index (χ4n) is 6.13. The quantitative estimate of drug-likeness (QED) is 0.225. The van der Waals surface area contributed by atoms with Gasteiger partial charge in [0.15, 0.2) is 0 Å². The highest BCUT2D eigenvalue weighted by molar-refractivity contribution is 7.25. The lowest BCUT2D eigenvalue weighted by molar-refractivity contribution is 0.895. The number of fused-ring (bicyclic) bond motifs is 6. The summed E-state index contributed by atoms with van der Waals surface area (Å²) < 4.78 is 5.12. The molecular formula is C36H26N2S. The van der Waals surface area contributed by atoms with Gasteiger partial charge in [-0.1, -0.05) is 78.9 Å². The first kappa shape index (κ1) is 22.4. The molecule has 0 N–H and O–H groups in total. The number of allylic oxidation sites excluding steroid dienone is 4. The van der Waals surface area contributed by atoms with Crippen LogP contribution in [0.25, 0.3) is 47.7 Å². The van der Waals surface area contributed by atoms with Gasteiger partial charge in [-0.15, -0.1) is 11.3 Å². The minimum Gasteiger partial charge on any atom is -0.314 e. The van der Waals surface area contributed by atoms with Crippen molar-refractivity contribution in [1.29, 1.82) is 0 Å². The Morgan fingerprint density at radius 2 is 1.15 bits per heavy atom. The van der Waals surface area contributed by atoms with Gasteiger partial charge in [0.1, 0.15) is 0 Å². The van der Waals surface area contributed by atoms with Crippen LogP contribution >= 0.6 is 11.3 Å². The van der Waals surface area contributed by atoms with E-state index in [9.17, 15) is 0 Å². The number of thiophene rings is 1. The topological polar surface area (TPSA) is 8.17 Å². The zero-order chi connectivity index (χ0) is 25.8. The average molecular weight is 519 g/mol. The van der Waals surface area contributed by atoms with E-state index >= 15 is 0 Å². The summed E-state index contributed by atoms with van der Waals surface area (Å²) in [5.74, 6) is 0. The Morgan fingerprint density at radius 1 is 0.513 bits per heavy atom. The van der Waals surface area contributed by atoms with E-state index in [1.165, 1.54) is 64.7 Å². The molecule has 5 aromatic carbocycles. The molecule has 0 bridgehead atoms. The molecule has 0 atom stereocenters. The molecule has 3 heteroatoms. The Balaban J connectivity index is 1.26. The van der Waals surface area contributed by atoms with Gasteiger partial charge in [0.25, 0.3) is 0 Å². The van der Waals surface area contributed by atoms with Crippen molar-refractivity contribution in [2.45, 2.75) is 12.8 Å². The van der Waals surface area contributed by atoms with Crippen LogP contribution in [-0.2, 0) is 0 Å². The number of hydrogen-bond acceptors (Lipinski definition) is 2. The van der Waals surface area contributed by atoms with Crippen LogP contribution < -0.4 is 4.90 Å². The lowest BCUT2D eigenvalue weighted by Gasteiger charge is -2.30. The summed E-state index contributed by atoms with van der Waals surface area (Å²) in [6, 6.07) is 43.9. The van der Waals surface area contributed by atoms with Crippen LogP contribution in [0.15, 0.2) is 139 Å². The third kappa shape index (κ3) is 3.62. The summed E-state index contributed by atoms with van der Waals surface area (Å²) in [7, 11) is 0. The van der Waals surface area contributed by atoms with Gasteiger partial charge < -0.3 is 9.47 Å². The molecule has 7 aromatic rings. The van der Waals surface area contributed by atoms with E-state index in [1.54, 1.807) is 0 Å². The largest absolute Gasteiger partial charge is 0.314 e. The number of hydrogen-bond donors (Lipinski definition) is 0. The molecule has 0 aliphatic heterocycles. The van der Waals surface area contributed by atoms with E-state index in [0.29, 0.717) is 0 Å². The molecule has 2 heterocycles. The van der Waals surface area contributed by atoms with Crippen molar-refractivity contribution in [2.24, 2.45) is 0 Å².